The summed E-state index contributed by atoms with van der Waals surface area (Å²) in [4.78, 5) is 0. The Balaban J connectivity index is 1.34. The quantitative estimate of drug-likeness (QED) is 0.409. The molecule has 0 bridgehead atoms. The van der Waals surface area contributed by atoms with Crippen molar-refractivity contribution < 1.29 is 4.57 Å². The zero-order valence-corrected chi connectivity index (χ0v) is 20.6. The Hall–Kier alpha value is -3.41. The average Bonchev–Trinajstić information content (AvgIpc) is 2.90. The number of rotatable bonds is 2. The number of hydrogen-bond acceptors (Lipinski definition) is 1. The SMILES string of the molecule is CP(=O)(C1=CC=C2C=CC3=C4C(=CC=C1C24)CC=C3)c1ccc2ccc3c4c2c1CC=C4CC=C3. The summed E-state index contributed by atoms with van der Waals surface area (Å²) in [5.74, 6) is 0.203. The standard InChI is InChI=1S/C33H25OP/c1-35(34,28-18-14-24-10-8-20-4-2-6-22-12-16-26(28)32(24)30(20)22)29-19-15-25-11-9-21-5-3-7-23-13-17-27(29)33(25)31(21)23/h2-5,8-16,18-19,32H,6-7,17H2,1H3. The lowest BCUT2D eigenvalue weighted by Gasteiger charge is -2.38. The van der Waals surface area contributed by atoms with E-state index >= 15 is 0 Å². The van der Waals surface area contributed by atoms with Crippen LogP contribution in [0.5, 0.6) is 0 Å². The summed E-state index contributed by atoms with van der Waals surface area (Å²) >= 11 is 0. The smallest absolute Gasteiger partial charge is 0.140 e. The summed E-state index contributed by atoms with van der Waals surface area (Å²) in [5, 5.41) is 4.63. The number of hydrogen-bond donors (Lipinski definition) is 0. The van der Waals surface area contributed by atoms with Crippen LogP contribution in [0.4, 0.5) is 0 Å². The first-order valence-corrected chi connectivity index (χ1v) is 14.7. The first kappa shape index (κ1) is 19.8. The van der Waals surface area contributed by atoms with Crippen molar-refractivity contribution >= 4 is 34.9 Å². The molecule has 8 rings (SSSR count). The zero-order chi connectivity index (χ0) is 23.3. The molecular formula is C33H25OP. The number of allylic oxidation sites excluding steroid dienone is 17. The molecule has 168 valence electrons. The molecule has 1 nitrogen and oxygen atoms in total. The molecule has 0 aliphatic heterocycles. The largest absolute Gasteiger partial charge is 0.314 e. The third-order valence-electron chi connectivity index (χ3n) is 8.60. The van der Waals surface area contributed by atoms with Gasteiger partial charge in [-0.15, -0.1) is 0 Å². The van der Waals surface area contributed by atoms with Crippen molar-refractivity contribution in [2.75, 3.05) is 6.66 Å². The molecule has 2 atom stereocenters. The van der Waals surface area contributed by atoms with E-state index in [2.05, 4.69) is 91.1 Å². The van der Waals surface area contributed by atoms with Crippen LogP contribution in [0.1, 0.15) is 29.5 Å². The maximum Gasteiger partial charge on any atom is 0.140 e. The fraction of sp³-hybridized carbons (Fsp3) is 0.152. The molecule has 0 spiro atoms. The molecule has 0 N–H and O–H groups in total. The minimum absolute atomic E-state index is 0.203. The van der Waals surface area contributed by atoms with Gasteiger partial charge in [0, 0.05) is 16.5 Å². The lowest BCUT2D eigenvalue weighted by Crippen LogP contribution is -2.24. The van der Waals surface area contributed by atoms with E-state index in [-0.39, 0.29) is 5.92 Å². The molecule has 6 aliphatic carbocycles. The molecule has 0 fully saturated rings. The normalized spacial score (nSPS) is 24.3. The molecule has 0 radical (unpaired) electrons. The van der Waals surface area contributed by atoms with Crippen LogP contribution in [-0.4, -0.2) is 6.66 Å². The van der Waals surface area contributed by atoms with E-state index in [9.17, 15) is 4.57 Å². The zero-order valence-electron chi connectivity index (χ0n) is 19.7. The molecule has 2 aromatic carbocycles. The molecule has 0 aromatic heterocycles. The van der Waals surface area contributed by atoms with Crippen LogP contribution in [-0.2, 0) is 11.0 Å². The van der Waals surface area contributed by atoms with Crippen molar-refractivity contribution in [1.82, 2.24) is 0 Å². The van der Waals surface area contributed by atoms with Gasteiger partial charge in [0.1, 0.15) is 7.14 Å². The Morgan fingerprint density at radius 3 is 2.63 bits per heavy atom. The van der Waals surface area contributed by atoms with Gasteiger partial charge in [-0.1, -0.05) is 91.1 Å². The summed E-state index contributed by atoms with van der Waals surface area (Å²) in [6.45, 7) is 2.00. The Morgan fingerprint density at radius 2 is 1.69 bits per heavy atom. The van der Waals surface area contributed by atoms with Crippen molar-refractivity contribution in [2.45, 2.75) is 19.3 Å². The highest BCUT2D eigenvalue weighted by Gasteiger charge is 2.40. The van der Waals surface area contributed by atoms with Crippen LogP contribution >= 0.6 is 7.14 Å². The second-order valence-electron chi connectivity index (χ2n) is 10.4. The van der Waals surface area contributed by atoms with Gasteiger partial charge in [0.15, 0.2) is 0 Å². The van der Waals surface area contributed by atoms with Gasteiger partial charge in [0.05, 0.1) is 0 Å². The summed E-state index contributed by atoms with van der Waals surface area (Å²) in [5.41, 5.74) is 12.0. The molecule has 0 saturated heterocycles. The Bertz CT molecular complexity index is 1740. The third kappa shape index (κ3) is 2.57. The minimum atomic E-state index is -2.84. The monoisotopic (exact) mass is 468 g/mol. The van der Waals surface area contributed by atoms with Gasteiger partial charge >= 0.3 is 0 Å². The van der Waals surface area contributed by atoms with E-state index < -0.39 is 7.14 Å². The van der Waals surface area contributed by atoms with Gasteiger partial charge in [-0.25, -0.2) is 0 Å². The van der Waals surface area contributed by atoms with Crippen LogP contribution in [0.2, 0.25) is 0 Å². The van der Waals surface area contributed by atoms with Gasteiger partial charge in [0.25, 0.3) is 0 Å². The van der Waals surface area contributed by atoms with E-state index in [1.54, 1.807) is 0 Å². The Kier molecular flexibility index (Phi) is 3.88. The molecule has 0 heterocycles. The molecule has 2 unspecified atom stereocenters. The Labute approximate surface area is 206 Å². The van der Waals surface area contributed by atoms with Crippen LogP contribution in [0.25, 0.3) is 22.4 Å². The van der Waals surface area contributed by atoms with Crippen LogP contribution < -0.4 is 5.30 Å². The topological polar surface area (TPSA) is 17.1 Å². The maximum absolute atomic E-state index is 15.0. The lowest BCUT2D eigenvalue weighted by molar-refractivity contribution is 0.588. The highest BCUT2D eigenvalue weighted by atomic mass is 31.2. The first-order chi connectivity index (χ1) is 17.1. The van der Waals surface area contributed by atoms with Crippen LogP contribution in [0, 0.1) is 5.92 Å². The lowest BCUT2D eigenvalue weighted by atomic mass is 9.69. The molecule has 2 heteroatoms. The highest BCUT2D eigenvalue weighted by Crippen LogP contribution is 2.60. The molecule has 0 amide bonds. The van der Waals surface area contributed by atoms with E-state index in [1.807, 2.05) is 6.66 Å². The Morgan fingerprint density at radius 1 is 0.829 bits per heavy atom. The van der Waals surface area contributed by atoms with Crippen molar-refractivity contribution in [2.24, 2.45) is 5.92 Å². The summed E-state index contributed by atoms with van der Waals surface area (Å²) in [6.07, 6.45) is 27.6. The van der Waals surface area contributed by atoms with E-state index in [0.717, 1.165) is 29.9 Å². The van der Waals surface area contributed by atoms with Gasteiger partial charge in [-0.3, -0.25) is 0 Å². The van der Waals surface area contributed by atoms with Crippen molar-refractivity contribution in [1.29, 1.82) is 0 Å². The summed E-state index contributed by atoms with van der Waals surface area (Å²) < 4.78 is 15.0. The average molecular weight is 469 g/mol. The predicted octanol–water partition coefficient (Wildman–Crippen LogP) is 7.95. The van der Waals surface area contributed by atoms with Crippen LogP contribution in [0.3, 0.4) is 0 Å². The maximum atomic E-state index is 15.0. The number of benzene rings is 2. The fourth-order valence-electron chi connectivity index (χ4n) is 7.01. The minimum Gasteiger partial charge on any atom is -0.314 e. The first-order valence-electron chi connectivity index (χ1n) is 12.6. The van der Waals surface area contributed by atoms with Gasteiger partial charge in [-0.05, 0) is 86.8 Å². The summed E-state index contributed by atoms with van der Waals surface area (Å²) in [7, 11) is -2.84. The van der Waals surface area contributed by atoms with Crippen molar-refractivity contribution in [3.63, 3.8) is 0 Å². The van der Waals surface area contributed by atoms with Crippen LogP contribution in [0.15, 0.2) is 118 Å². The summed E-state index contributed by atoms with van der Waals surface area (Å²) in [6, 6.07) is 8.81. The van der Waals surface area contributed by atoms with E-state index in [4.69, 9.17) is 0 Å². The molecule has 6 aliphatic rings. The van der Waals surface area contributed by atoms with Gasteiger partial charge < -0.3 is 4.57 Å². The molecule has 35 heavy (non-hydrogen) atoms. The van der Waals surface area contributed by atoms with Crippen molar-refractivity contribution in [3.8, 4) is 0 Å². The molecular weight excluding hydrogens is 443 g/mol. The molecule has 0 saturated carbocycles. The highest BCUT2D eigenvalue weighted by molar-refractivity contribution is 7.75. The van der Waals surface area contributed by atoms with Gasteiger partial charge in [-0.2, -0.15) is 0 Å². The van der Waals surface area contributed by atoms with Crippen molar-refractivity contribution in [3.05, 3.63) is 135 Å². The van der Waals surface area contributed by atoms with E-state index in [0.29, 0.717) is 0 Å². The second-order valence-corrected chi connectivity index (χ2v) is 13.2. The predicted molar refractivity (Wildman–Crippen MR) is 148 cm³/mol. The second kappa shape index (κ2) is 6.84. The van der Waals surface area contributed by atoms with E-state index in [1.165, 1.54) is 60.9 Å². The fourth-order valence-corrected chi connectivity index (χ4v) is 9.40. The molecule has 2 aromatic rings. The van der Waals surface area contributed by atoms with Gasteiger partial charge in [0.2, 0.25) is 0 Å². The third-order valence-corrected chi connectivity index (χ3v) is 11.3.